The Morgan fingerprint density at radius 2 is 0.732 bits per heavy atom. The third-order valence-corrected chi connectivity index (χ3v) is 10.5. The summed E-state index contributed by atoms with van der Waals surface area (Å²) >= 11 is 0. The van der Waals surface area contributed by atoms with Crippen LogP contribution in [0.5, 0.6) is 0 Å². The zero-order chi connectivity index (χ0) is 37.3. The summed E-state index contributed by atoms with van der Waals surface area (Å²) in [4.78, 5) is 15.3. The van der Waals surface area contributed by atoms with Gasteiger partial charge in [-0.3, -0.25) is 0 Å². The van der Waals surface area contributed by atoms with E-state index < -0.39 is 0 Å². The zero-order valence-electron chi connectivity index (χ0n) is 30.5. The van der Waals surface area contributed by atoms with Gasteiger partial charge in [-0.15, -0.1) is 0 Å². The SMILES string of the molecule is c1ccc(-c2ccc(-c3cc(-c4ccc(-c5cccc(-c6cc(-c7ccccc7)nc7ccc8ccccc8c67)c5)cc4)nc(-c4ccccc4)n3)cc2)cc1. The second-order valence-electron chi connectivity index (χ2n) is 14.0. The zero-order valence-corrected chi connectivity index (χ0v) is 30.5. The van der Waals surface area contributed by atoms with Gasteiger partial charge in [0.1, 0.15) is 0 Å². The van der Waals surface area contributed by atoms with E-state index in [1.54, 1.807) is 0 Å². The molecule has 10 aromatic rings. The highest BCUT2D eigenvalue weighted by molar-refractivity contribution is 6.14. The lowest BCUT2D eigenvalue weighted by molar-refractivity contribution is 1.18. The molecule has 0 aliphatic heterocycles. The molecule has 0 unspecified atom stereocenters. The number of pyridine rings is 1. The fraction of sp³-hybridized carbons (Fsp3) is 0. The molecule has 10 rings (SSSR count). The first-order valence-electron chi connectivity index (χ1n) is 18.9. The third kappa shape index (κ3) is 6.42. The first kappa shape index (κ1) is 33.1. The smallest absolute Gasteiger partial charge is 0.160 e. The average Bonchev–Trinajstić information content (AvgIpc) is 3.29. The first-order valence-corrected chi connectivity index (χ1v) is 18.9. The van der Waals surface area contributed by atoms with Gasteiger partial charge in [0.15, 0.2) is 5.82 Å². The third-order valence-electron chi connectivity index (χ3n) is 10.5. The van der Waals surface area contributed by atoms with Crippen molar-refractivity contribution in [1.82, 2.24) is 15.0 Å². The normalized spacial score (nSPS) is 11.2. The summed E-state index contributed by atoms with van der Waals surface area (Å²) in [5.41, 5.74) is 14.8. The van der Waals surface area contributed by atoms with Crippen molar-refractivity contribution in [1.29, 1.82) is 0 Å². The van der Waals surface area contributed by atoms with Crippen molar-refractivity contribution < 1.29 is 0 Å². The lowest BCUT2D eigenvalue weighted by Gasteiger charge is -2.14. The maximum Gasteiger partial charge on any atom is 0.160 e. The summed E-state index contributed by atoms with van der Waals surface area (Å²) in [7, 11) is 0. The highest BCUT2D eigenvalue weighted by Gasteiger charge is 2.15. The van der Waals surface area contributed by atoms with Crippen LogP contribution in [0.4, 0.5) is 0 Å². The number of rotatable bonds is 7. The van der Waals surface area contributed by atoms with E-state index in [1.165, 1.54) is 32.8 Å². The van der Waals surface area contributed by atoms with Crippen molar-refractivity contribution in [2.24, 2.45) is 0 Å². The lowest BCUT2D eigenvalue weighted by atomic mass is 9.92. The topological polar surface area (TPSA) is 38.7 Å². The van der Waals surface area contributed by atoms with Gasteiger partial charge in [0.2, 0.25) is 0 Å². The molecule has 0 bridgehead atoms. The van der Waals surface area contributed by atoms with E-state index in [-0.39, 0.29) is 0 Å². The second kappa shape index (κ2) is 14.4. The largest absolute Gasteiger partial charge is 0.248 e. The number of hydrogen-bond donors (Lipinski definition) is 0. The van der Waals surface area contributed by atoms with E-state index >= 15 is 0 Å². The van der Waals surface area contributed by atoms with Crippen molar-refractivity contribution in [3.05, 3.63) is 212 Å². The summed E-state index contributed by atoms with van der Waals surface area (Å²) in [6.07, 6.45) is 0. The molecule has 262 valence electrons. The maximum atomic E-state index is 5.16. The van der Waals surface area contributed by atoms with Gasteiger partial charge in [0.05, 0.1) is 22.6 Å². The van der Waals surface area contributed by atoms with Crippen LogP contribution in [-0.2, 0) is 0 Å². The number of benzene rings is 8. The van der Waals surface area contributed by atoms with Crippen LogP contribution < -0.4 is 0 Å². The maximum absolute atomic E-state index is 5.16. The minimum atomic E-state index is 0.703. The molecule has 0 N–H and O–H groups in total. The Kier molecular flexibility index (Phi) is 8.51. The molecule has 56 heavy (non-hydrogen) atoms. The van der Waals surface area contributed by atoms with Gasteiger partial charge in [-0.25, -0.2) is 15.0 Å². The van der Waals surface area contributed by atoms with Gasteiger partial charge in [-0.1, -0.05) is 188 Å². The molecular formula is C53H35N3. The summed E-state index contributed by atoms with van der Waals surface area (Å²) in [5.74, 6) is 0.703. The van der Waals surface area contributed by atoms with Crippen LogP contribution >= 0.6 is 0 Å². The number of nitrogens with zero attached hydrogens (tertiary/aromatic N) is 3. The molecule has 0 amide bonds. The van der Waals surface area contributed by atoms with Crippen LogP contribution in [0.2, 0.25) is 0 Å². The van der Waals surface area contributed by atoms with Gasteiger partial charge in [-0.2, -0.15) is 0 Å². The van der Waals surface area contributed by atoms with Crippen molar-refractivity contribution in [3.63, 3.8) is 0 Å². The number of hydrogen-bond acceptors (Lipinski definition) is 3. The molecule has 3 heteroatoms. The Bertz CT molecular complexity index is 2980. The first-order chi connectivity index (χ1) is 27.7. The van der Waals surface area contributed by atoms with Crippen molar-refractivity contribution in [3.8, 4) is 78.5 Å². The summed E-state index contributed by atoms with van der Waals surface area (Å²) in [5, 5.41) is 3.57. The van der Waals surface area contributed by atoms with Crippen LogP contribution in [0.1, 0.15) is 0 Å². The highest BCUT2D eigenvalue weighted by atomic mass is 14.9. The van der Waals surface area contributed by atoms with Gasteiger partial charge in [-0.05, 0) is 68.4 Å². The quantitative estimate of drug-likeness (QED) is 0.154. The Labute approximate surface area is 326 Å². The van der Waals surface area contributed by atoms with E-state index in [9.17, 15) is 0 Å². The standard InChI is InChI=1S/C53H35N3/c1-4-13-36(14-5-1)37-23-27-41(28-24-37)50-35-51(56-53(55-50)43-18-8-3-9-19-43)42-29-25-38(26-30-42)44-20-12-21-45(33-44)47-34-49(40-16-6-2-7-17-40)54-48-32-31-39-15-10-11-22-46(39)52(47)48/h1-35H. The molecule has 0 radical (unpaired) electrons. The molecule has 8 aromatic carbocycles. The average molecular weight is 714 g/mol. The lowest BCUT2D eigenvalue weighted by Crippen LogP contribution is -1.96. The van der Waals surface area contributed by atoms with E-state index in [0.29, 0.717) is 5.82 Å². The number of aromatic nitrogens is 3. The summed E-state index contributed by atoms with van der Waals surface area (Å²) in [6.45, 7) is 0. The molecule has 0 aliphatic rings. The molecular weight excluding hydrogens is 679 g/mol. The highest BCUT2D eigenvalue weighted by Crippen LogP contribution is 2.38. The Morgan fingerprint density at radius 1 is 0.268 bits per heavy atom. The van der Waals surface area contributed by atoms with Gasteiger partial charge >= 0.3 is 0 Å². The molecule has 0 aliphatic carbocycles. The fourth-order valence-corrected chi connectivity index (χ4v) is 7.61. The second-order valence-corrected chi connectivity index (χ2v) is 14.0. The fourth-order valence-electron chi connectivity index (χ4n) is 7.61. The predicted molar refractivity (Wildman–Crippen MR) is 233 cm³/mol. The van der Waals surface area contributed by atoms with Crippen molar-refractivity contribution >= 4 is 21.7 Å². The predicted octanol–water partition coefficient (Wildman–Crippen LogP) is 13.8. The van der Waals surface area contributed by atoms with Crippen LogP contribution in [0.15, 0.2) is 212 Å². The van der Waals surface area contributed by atoms with E-state index in [4.69, 9.17) is 15.0 Å². The van der Waals surface area contributed by atoms with Gasteiger partial charge in [0.25, 0.3) is 0 Å². The summed E-state index contributed by atoms with van der Waals surface area (Å²) in [6, 6.07) is 74.6. The van der Waals surface area contributed by atoms with Crippen molar-refractivity contribution in [2.75, 3.05) is 0 Å². The van der Waals surface area contributed by atoms with Crippen LogP contribution in [0, 0.1) is 0 Å². The van der Waals surface area contributed by atoms with Crippen molar-refractivity contribution in [2.45, 2.75) is 0 Å². The molecule has 0 saturated carbocycles. The van der Waals surface area contributed by atoms with Crippen LogP contribution in [0.25, 0.3) is 100 Å². The van der Waals surface area contributed by atoms with Gasteiger partial charge < -0.3 is 0 Å². The Morgan fingerprint density at radius 3 is 1.39 bits per heavy atom. The van der Waals surface area contributed by atoms with Crippen LogP contribution in [0.3, 0.4) is 0 Å². The molecule has 0 atom stereocenters. The molecule has 0 spiro atoms. The monoisotopic (exact) mass is 713 g/mol. The Hall–Kier alpha value is -7.49. The molecule has 2 heterocycles. The van der Waals surface area contributed by atoms with E-state index in [2.05, 4.69) is 182 Å². The van der Waals surface area contributed by atoms with Gasteiger partial charge in [0, 0.05) is 27.6 Å². The number of fused-ring (bicyclic) bond motifs is 3. The molecule has 0 saturated heterocycles. The molecule has 3 nitrogen and oxygen atoms in total. The minimum absolute atomic E-state index is 0.703. The summed E-state index contributed by atoms with van der Waals surface area (Å²) < 4.78 is 0. The van der Waals surface area contributed by atoms with E-state index in [0.717, 1.165) is 61.5 Å². The Balaban J connectivity index is 1.03. The molecule has 2 aromatic heterocycles. The van der Waals surface area contributed by atoms with Crippen LogP contribution in [-0.4, -0.2) is 15.0 Å². The van der Waals surface area contributed by atoms with E-state index in [1.807, 2.05) is 30.3 Å². The minimum Gasteiger partial charge on any atom is -0.248 e. The molecule has 0 fully saturated rings.